The Hall–Kier alpha value is -1.08. The van der Waals surface area contributed by atoms with E-state index < -0.39 is 11.6 Å². The number of aliphatic hydroxyl groups excluding tert-OH is 1. The molecule has 0 bridgehead atoms. The first-order valence-corrected chi connectivity index (χ1v) is 5.71. The van der Waals surface area contributed by atoms with Crippen molar-refractivity contribution in [2.75, 3.05) is 6.61 Å². The summed E-state index contributed by atoms with van der Waals surface area (Å²) in [5.74, 6) is 4.21. The first-order valence-electron chi connectivity index (χ1n) is 4.96. The van der Waals surface area contributed by atoms with Gasteiger partial charge in [-0.05, 0) is 13.3 Å². The second-order valence-electron chi connectivity index (χ2n) is 3.42. The minimum absolute atomic E-state index is 0.0219. The normalized spacial score (nSPS) is 16.2. The summed E-state index contributed by atoms with van der Waals surface area (Å²) in [5, 5.41) is 8.25. The van der Waals surface area contributed by atoms with Gasteiger partial charge in [0.15, 0.2) is 0 Å². The average molecular weight is 273 g/mol. The largest absolute Gasteiger partial charge is 0.396 e. The van der Waals surface area contributed by atoms with Gasteiger partial charge in [-0.2, -0.15) is 0 Å². The second-order valence-corrected chi connectivity index (χ2v) is 4.17. The van der Waals surface area contributed by atoms with Crippen LogP contribution in [0.1, 0.15) is 19.8 Å². The molecule has 90 valence electrons. The maximum absolute atomic E-state index is 11.7. The molecule has 1 aliphatic rings. The molecule has 0 radical (unpaired) electrons. The van der Waals surface area contributed by atoms with Crippen molar-refractivity contribution in [2.45, 2.75) is 19.8 Å². The summed E-state index contributed by atoms with van der Waals surface area (Å²) in [6.07, 6.45) is 0.925. The van der Waals surface area contributed by atoms with E-state index in [-0.39, 0.29) is 27.8 Å². The van der Waals surface area contributed by atoms with Gasteiger partial charge in [0, 0.05) is 18.6 Å². The number of carbonyl (C=O) groups is 2. The zero-order chi connectivity index (χ0) is 13.0. The number of allylic oxidation sites excluding steroid dienone is 4. The molecule has 0 fully saturated rings. The maximum atomic E-state index is 11.7. The summed E-state index contributed by atoms with van der Waals surface area (Å²) in [7, 11) is 0. The third kappa shape index (κ3) is 2.98. The van der Waals surface area contributed by atoms with E-state index in [4.69, 9.17) is 28.3 Å². The summed E-state index contributed by atoms with van der Waals surface area (Å²) in [6.45, 7) is 1.47. The topological polar surface area (TPSA) is 54.4 Å². The van der Waals surface area contributed by atoms with Gasteiger partial charge in [-0.1, -0.05) is 35.0 Å². The van der Waals surface area contributed by atoms with Crippen LogP contribution in [0.15, 0.2) is 21.2 Å². The van der Waals surface area contributed by atoms with E-state index in [0.29, 0.717) is 12.8 Å². The third-order valence-corrected chi connectivity index (χ3v) is 3.00. The van der Waals surface area contributed by atoms with Crippen LogP contribution in [0, 0.1) is 11.8 Å². The number of rotatable bonds is 2. The quantitative estimate of drug-likeness (QED) is 0.475. The third-order valence-electron chi connectivity index (χ3n) is 2.19. The highest BCUT2D eigenvalue weighted by atomic mass is 35.5. The first-order chi connectivity index (χ1) is 8.00. The summed E-state index contributed by atoms with van der Waals surface area (Å²) < 4.78 is 0. The molecule has 17 heavy (non-hydrogen) atoms. The first kappa shape index (κ1) is 14.0. The van der Waals surface area contributed by atoms with Gasteiger partial charge >= 0.3 is 0 Å². The van der Waals surface area contributed by atoms with E-state index in [1.165, 1.54) is 6.92 Å². The molecule has 0 aromatic carbocycles. The Labute approximate surface area is 109 Å². The van der Waals surface area contributed by atoms with Crippen molar-refractivity contribution >= 4 is 34.8 Å². The number of halogens is 2. The lowest BCUT2D eigenvalue weighted by Crippen LogP contribution is -2.17. The Morgan fingerprint density at radius 3 is 2.41 bits per heavy atom. The molecule has 0 aromatic heterocycles. The Morgan fingerprint density at radius 1 is 1.18 bits per heavy atom. The number of hydrogen-bond acceptors (Lipinski definition) is 3. The van der Waals surface area contributed by atoms with E-state index in [1.807, 2.05) is 0 Å². The molecule has 0 atom stereocenters. The lowest BCUT2D eigenvalue weighted by atomic mass is 9.97. The molecular weight excluding hydrogens is 263 g/mol. The molecule has 0 unspecified atom stereocenters. The van der Waals surface area contributed by atoms with Gasteiger partial charge in [-0.25, -0.2) is 0 Å². The SMILES string of the molecule is CC1=C(Cl)C(=O)C(C#CCCCO)=C(Cl)C1=O. The van der Waals surface area contributed by atoms with Crippen molar-refractivity contribution in [3.63, 3.8) is 0 Å². The molecule has 0 saturated heterocycles. The number of unbranched alkanes of at least 4 members (excludes halogenated alkanes) is 1. The van der Waals surface area contributed by atoms with E-state index in [2.05, 4.69) is 11.8 Å². The zero-order valence-electron chi connectivity index (χ0n) is 9.14. The van der Waals surface area contributed by atoms with Crippen LogP contribution in [0.2, 0.25) is 0 Å². The van der Waals surface area contributed by atoms with Crippen LogP contribution in [0.25, 0.3) is 0 Å². The van der Waals surface area contributed by atoms with Crippen molar-refractivity contribution in [2.24, 2.45) is 0 Å². The lowest BCUT2D eigenvalue weighted by molar-refractivity contribution is -0.115. The smallest absolute Gasteiger partial charge is 0.214 e. The van der Waals surface area contributed by atoms with Gasteiger partial charge in [0.25, 0.3) is 0 Å². The van der Waals surface area contributed by atoms with Crippen molar-refractivity contribution < 1.29 is 14.7 Å². The maximum Gasteiger partial charge on any atom is 0.214 e. The van der Waals surface area contributed by atoms with Crippen LogP contribution in [-0.2, 0) is 9.59 Å². The number of ketones is 2. The number of Topliss-reactive ketones (excluding diaryl/α,β-unsaturated/α-hetero) is 2. The summed E-state index contributed by atoms with van der Waals surface area (Å²) in [5.41, 5.74) is 0.0766. The minimum atomic E-state index is -0.523. The number of aliphatic hydroxyl groups is 1. The highest BCUT2D eigenvalue weighted by molar-refractivity contribution is 6.56. The fourth-order valence-corrected chi connectivity index (χ4v) is 1.64. The molecule has 0 saturated carbocycles. The Kier molecular flexibility index (Phi) is 4.95. The lowest BCUT2D eigenvalue weighted by Gasteiger charge is -2.11. The van der Waals surface area contributed by atoms with Crippen LogP contribution in [0.4, 0.5) is 0 Å². The van der Waals surface area contributed by atoms with Crippen LogP contribution < -0.4 is 0 Å². The van der Waals surface area contributed by atoms with E-state index in [9.17, 15) is 9.59 Å². The van der Waals surface area contributed by atoms with Gasteiger partial charge in [-0.3, -0.25) is 9.59 Å². The summed E-state index contributed by atoms with van der Waals surface area (Å²) in [4.78, 5) is 23.3. The standard InChI is InChI=1S/C12H10Cl2O3/c1-7-9(13)12(17)8(10(14)11(7)16)5-3-2-4-6-15/h15H,2,4,6H2,1H3. The fraction of sp³-hybridized carbons (Fsp3) is 0.333. The molecule has 0 aromatic rings. The molecule has 3 nitrogen and oxygen atoms in total. The van der Waals surface area contributed by atoms with Crippen LogP contribution >= 0.6 is 23.2 Å². The molecular formula is C12H10Cl2O3. The molecule has 0 amide bonds. The van der Waals surface area contributed by atoms with Gasteiger partial charge in [0.2, 0.25) is 11.6 Å². The number of carbonyl (C=O) groups excluding carboxylic acids is 2. The van der Waals surface area contributed by atoms with Crippen molar-refractivity contribution in [1.82, 2.24) is 0 Å². The Morgan fingerprint density at radius 2 is 1.82 bits per heavy atom. The number of hydrogen-bond donors (Lipinski definition) is 1. The van der Waals surface area contributed by atoms with Crippen molar-refractivity contribution in [1.29, 1.82) is 0 Å². The van der Waals surface area contributed by atoms with Crippen molar-refractivity contribution in [3.8, 4) is 11.8 Å². The molecule has 0 heterocycles. The Balaban J connectivity index is 3.02. The van der Waals surface area contributed by atoms with E-state index in [0.717, 1.165) is 0 Å². The predicted molar refractivity (Wildman–Crippen MR) is 65.5 cm³/mol. The molecule has 1 N–H and O–H groups in total. The molecule has 1 aliphatic carbocycles. The van der Waals surface area contributed by atoms with E-state index in [1.54, 1.807) is 0 Å². The van der Waals surface area contributed by atoms with E-state index >= 15 is 0 Å². The molecule has 5 heteroatoms. The monoisotopic (exact) mass is 272 g/mol. The summed E-state index contributed by atoms with van der Waals surface area (Å²) in [6, 6.07) is 0. The molecule has 0 aliphatic heterocycles. The van der Waals surface area contributed by atoms with Gasteiger partial charge in [0.1, 0.15) is 5.03 Å². The minimum Gasteiger partial charge on any atom is -0.396 e. The highest BCUT2D eigenvalue weighted by Crippen LogP contribution is 2.28. The van der Waals surface area contributed by atoms with Gasteiger partial charge in [-0.15, -0.1) is 0 Å². The second kappa shape index (κ2) is 6.02. The highest BCUT2D eigenvalue weighted by Gasteiger charge is 2.29. The van der Waals surface area contributed by atoms with Gasteiger partial charge < -0.3 is 5.11 Å². The van der Waals surface area contributed by atoms with Crippen LogP contribution in [0.3, 0.4) is 0 Å². The average Bonchev–Trinajstić information content (AvgIpc) is 2.33. The van der Waals surface area contributed by atoms with Crippen LogP contribution in [0.5, 0.6) is 0 Å². The zero-order valence-corrected chi connectivity index (χ0v) is 10.7. The van der Waals surface area contributed by atoms with Crippen molar-refractivity contribution in [3.05, 3.63) is 21.2 Å². The molecule has 1 rings (SSSR count). The molecule has 0 spiro atoms. The van der Waals surface area contributed by atoms with Gasteiger partial charge in [0.05, 0.1) is 10.6 Å². The predicted octanol–water partition coefficient (Wildman–Crippen LogP) is 1.92. The fourth-order valence-electron chi connectivity index (χ4n) is 1.19. The van der Waals surface area contributed by atoms with Crippen LogP contribution in [-0.4, -0.2) is 23.3 Å². The summed E-state index contributed by atoms with van der Waals surface area (Å²) >= 11 is 11.5. The Bertz CT molecular complexity index is 490.